The van der Waals surface area contributed by atoms with Gasteiger partial charge in [0.15, 0.2) is 5.69 Å². The Bertz CT molecular complexity index is 1100. The van der Waals surface area contributed by atoms with E-state index in [9.17, 15) is 9.59 Å². The molecule has 2 aliphatic heterocycles. The molecule has 2 aromatic rings. The van der Waals surface area contributed by atoms with Gasteiger partial charge < -0.3 is 19.6 Å². The van der Waals surface area contributed by atoms with Crippen molar-refractivity contribution in [3.05, 3.63) is 65.4 Å². The Morgan fingerprint density at radius 1 is 1.03 bits per heavy atom. The molecule has 4 atom stereocenters. The number of nitrogens with zero attached hydrogens (tertiary/aromatic N) is 1. The van der Waals surface area contributed by atoms with Crippen LogP contribution in [0, 0.1) is 11.8 Å². The Hall–Kier alpha value is -2.93. The lowest BCUT2D eigenvalue weighted by molar-refractivity contribution is -0.136. The second kappa shape index (κ2) is 12.1. The number of oxazole rings is 1. The lowest BCUT2D eigenvalue weighted by atomic mass is 9.75. The van der Waals surface area contributed by atoms with E-state index < -0.39 is 5.97 Å². The number of fused-ring (bicyclic) bond motifs is 2. The van der Waals surface area contributed by atoms with Gasteiger partial charge in [-0.25, -0.2) is 4.98 Å². The fourth-order valence-corrected chi connectivity index (χ4v) is 6.45. The maximum atomic E-state index is 12.7. The van der Waals surface area contributed by atoms with Crippen molar-refractivity contribution in [2.24, 2.45) is 11.8 Å². The minimum atomic E-state index is -0.791. The zero-order chi connectivity index (χ0) is 25.6. The molecule has 1 aromatic heterocycles. The standard InChI is InChI=1S/C30H38N2O5/c33-27(34)16-13-21-11-4-5-12-22(21)18-23-25-14-15-26(37-25)28(23)30-32-24(19-36-30)29(35)31-17-7-6-10-20-8-2-1-3-9-20/h4-7,11-12,19-20,23,25-26,28H,1-3,8-10,13-18H2,(H,31,35)(H,33,34)/t23-,25-,26+,28-/m0/s1. The van der Waals surface area contributed by atoms with Gasteiger partial charge in [-0.05, 0) is 49.1 Å². The van der Waals surface area contributed by atoms with Crippen LogP contribution < -0.4 is 5.32 Å². The van der Waals surface area contributed by atoms with Crippen LogP contribution >= 0.6 is 0 Å². The molecule has 1 saturated carbocycles. The van der Waals surface area contributed by atoms with Gasteiger partial charge in [0.25, 0.3) is 5.91 Å². The van der Waals surface area contributed by atoms with E-state index in [-0.39, 0.29) is 36.4 Å². The van der Waals surface area contributed by atoms with Crippen LogP contribution in [-0.2, 0) is 22.4 Å². The van der Waals surface area contributed by atoms with E-state index in [0.717, 1.165) is 42.7 Å². The largest absolute Gasteiger partial charge is 0.481 e. The molecule has 37 heavy (non-hydrogen) atoms. The molecule has 0 radical (unpaired) electrons. The summed E-state index contributed by atoms with van der Waals surface area (Å²) in [5.74, 6) is 0.515. The number of aromatic nitrogens is 1. The first-order valence-electron chi connectivity index (χ1n) is 13.9. The van der Waals surface area contributed by atoms with Crippen LogP contribution in [0.15, 0.2) is 47.1 Å². The highest BCUT2D eigenvalue weighted by Gasteiger charge is 2.51. The van der Waals surface area contributed by atoms with Gasteiger partial charge in [0, 0.05) is 18.9 Å². The molecule has 1 amide bonds. The maximum Gasteiger partial charge on any atom is 0.303 e. The number of rotatable bonds is 11. The van der Waals surface area contributed by atoms with Crippen molar-refractivity contribution >= 4 is 11.9 Å². The van der Waals surface area contributed by atoms with Crippen molar-refractivity contribution in [1.29, 1.82) is 0 Å². The maximum absolute atomic E-state index is 12.7. The summed E-state index contributed by atoms with van der Waals surface area (Å²) in [4.78, 5) is 28.4. The van der Waals surface area contributed by atoms with Crippen LogP contribution in [0.3, 0.4) is 0 Å². The number of carboxylic acids is 1. The summed E-state index contributed by atoms with van der Waals surface area (Å²) in [7, 11) is 0. The Kier molecular flexibility index (Phi) is 8.39. The highest BCUT2D eigenvalue weighted by Crippen LogP contribution is 2.50. The van der Waals surface area contributed by atoms with Crippen molar-refractivity contribution in [2.75, 3.05) is 6.54 Å². The predicted octanol–water partition coefficient (Wildman–Crippen LogP) is 5.45. The van der Waals surface area contributed by atoms with Crippen molar-refractivity contribution in [2.45, 2.75) is 88.8 Å². The van der Waals surface area contributed by atoms with Crippen molar-refractivity contribution in [3.63, 3.8) is 0 Å². The van der Waals surface area contributed by atoms with Crippen LogP contribution in [0.4, 0.5) is 0 Å². The van der Waals surface area contributed by atoms with Crippen molar-refractivity contribution in [3.8, 4) is 0 Å². The second-order valence-electron chi connectivity index (χ2n) is 10.8. The Labute approximate surface area is 218 Å². The molecule has 2 bridgehead atoms. The molecular weight excluding hydrogens is 468 g/mol. The number of ether oxygens (including phenoxy) is 1. The molecule has 0 spiro atoms. The number of carbonyl (C=O) groups is 2. The van der Waals surface area contributed by atoms with Crippen LogP contribution in [-0.4, -0.2) is 40.7 Å². The zero-order valence-electron chi connectivity index (χ0n) is 21.4. The van der Waals surface area contributed by atoms with Gasteiger partial charge in [-0.1, -0.05) is 68.5 Å². The monoisotopic (exact) mass is 506 g/mol. The minimum absolute atomic E-state index is 0.0109. The number of nitrogens with one attached hydrogen (secondary N) is 1. The number of hydrogen-bond donors (Lipinski definition) is 2. The van der Waals surface area contributed by atoms with Crippen LogP contribution in [0.25, 0.3) is 0 Å². The summed E-state index contributed by atoms with van der Waals surface area (Å²) in [6, 6.07) is 8.05. The molecule has 7 nitrogen and oxygen atoms in total. The summed E-state index contributed by atoms with van der Waals surface area (Å²) in [5.41, 5.74) is 2.52. The molecule has 7 heteroatoms. The quantitative estimate of drug-likeness (QED) is 0.393. The molecular formula is C30H38N2O5. The third-order valence-corrected chi connectivity index (χ3v) is 8.39. The molecule has 2 saturated heterocycles. The smallest absolute Gasteiger partial charge is 0.303 e. The number of benzene rings is 1. The first kappa shape index (κ1) is 25.7. The second-order valence-corrected chi connectivity index (χ2v) is 10.8. The van der Waals surface area contributed by atoms with E-state index in [1.54, 1.807) is 0 Å². The van der Waals surface area contributed by atoms with Gasteiger partial charge in [-0.3, -0.25) is 9.59 Å². The molecule has 198 valence electrons. The third kappa shape index (κ3) is 6.32. The van der Waals surface area contributed by atoms with E-state index in [1.807, 2.05) is 24.3 Å². The number of aryl methyl sites for hydroxylation is 1. The number of amides is 1. The number of allylic oxidation sites excluding steroid dienone is 1. The molecule has 1 aliphatic carbocycles. The zero-order valence-corrected chi connectivity index (χ0v) is 21.4. The van der Waals surface area contributed by atoms with Crippen molar-refractivity contribution < 1.29 is 23.8 Å². The van der Waals surface area contributed by atoms with Crippen LogP contribution in [0.2, 0.25) is 0 Å². The van der Waals surface area contributed by atoms with Gasteiger partial charge in [0.05, 0.1) is 18.1 Å². The molecule has 1 aromatic carbocycles. The Morgan fingerprint density at radius 3 is 2.62 bits per heavy atom. The number of aliphatic carboxylic acids is 1. The van der Waals surface area contributed by atoms with Crippen molar-refractivity contribution in [1.82, 2.24) is 10.3 Å². The fourth-order valence-electron chi connectivity index (χ4n) is 6.45. The lowest BCUT2D eigenvalue weighted by Gasteiger charge is -2.26. The summed E-state index contributed by atoms with van der Waals surface area (Å²) >= 11 is 0. The molecule has 3 aliphatic rings. The van der Waals surface area contributed by atoms with Gasteiger partial charge >= 0.3 is 5.97 Å². The Morgan fingerprint density at radius 2 is 1.81 bits per heavy atom. The first-order chi connectivity index (χ1) is 18.1. The first-order valence-corrected chi connectivity index (χ1v) is 13.9. The summed E-state index contributed by atoms with van der Waals surface area (Å²) in [6.45, 7) is 0.487. The lowest BCUT2D eigenvalue weighted by Crippen LogP contribution is -2.28. The fraction of sp³-hybridized carbons (Fsp3) is 0.567. The van der Waals surface area contributed by atoms with Gasteiger partial charge in [-0.15, -0.1) is 0 Å². The molecule has 0 unspecified atom stereocenters. The average Bonchev–Trinajstić information content (AvgIpc) is 3.65. The van der Waals surface area contributed by atoms with Gasteiger partial charge in [0.1, 0.15) is 6.26 Å². The summed E-state index contributed by atoms with van der Waals surface area (Å²) in [5, 5.41) is 12.1. The topological polar surface area (TPSA) is 102 Å². The number of carboxylic acid groups (broad SMARTS) is 1. The molecule has 3 fully saturated rings. The SMILES string of the molecule is O=C(O)CCc1ccccc1C[C@@H]1[C@H](c2nc(C(=O)NCC=CCC3CCCCC3)co2)[C@H]2CC[C@@H]1O2. The van der Waals surface area contributed by atoms with Gasteiger partial charge in [0.2, 0.25) is 5.89 Å². The minimum Gasteiger partial charge on any atom is -0.481 e. The van der Waals surface area contributed by atoms with Crippen LogP contribution in [0.5, 0.6) is 0 Å². The third-order valence-electron chi connectivity index (χ3n) is 8.39. The normalized spacial score (nSPS) is 25.6. The average molecular weight is 507 g/mol. The summed E-state index contributed by atoms with van der Waals surface area (Å²) in [6.07, 6.45) is 17.0. The van der Waals surface area contributed by atoms with E-state index in [4.69, 9.17) is 14.3 Å². The van der Waals surface area contributed by atoms with Crippen LogP contribution in [0.1, 0.15) is 91.2 Å². The highest BCUT2D eigenvalue weighted by atomic mass is 16.5. The van der Waals surface area contributed by atoms with E-state index >= 15 is 0 Å². The Balaban J connectivity index is 1.20. The molecule has 5 rings (SSSR count). The molecule has 3 heterocycles. The number of hydrogen-bond acceptors (Lipinski definition) is 5. The van der Waals surface area contributed by atoms with E-state index in [1.165, 1.54) is 38.4 Å². The van der Waals surface area contributed by atoms with Gasteiger partial charge in [-0.2, -0.15) is 0 Å². The highest BCUT2D eigenvalue weighted by molar-refractivity contribution is 5.92. The molecule has 2 N–H and O–H groups in total. The van der Waals surface area contributed by atoms with E-state index in [2.05, 4.69) is 22.4 Å². The number of carbonyl (C=O) groups excluding carboxylic acids is 1. The van der Waals surface area contributed by atoms with E-state index in [0.29, 0.717) is 24.6 Å². The summed E-state index contributed by atoms with van der Waals surface area (Å²) < 4.78 is 12.1. The predicted molar refractivity (Wildman–Crippen MR) is 139 cm³/mol.